The lowest BCUT2D eigenvalue weighted by atomic mass is 10.1. The molecule has 0 aliphatic rings. The van der Waals surface area contributed by atoms with E-state index in [1.165, 1.54) is 16.9 Å². The van der Waals surface area contributed by atoms with Crippen molar-refractivity contribution in [1.82, 2.24) is 9.78 Å². The van der Waals surface area contributed by atoms with Gasteiger partial charge in [0.2, 0.25) is 5.91 Å². The summed E-state index contributed by atoms with van der Waals surface area (Å²) in [4.78, 5) is 12.3. The molecule has 4 nitrogen and oxygen atoms in total. The quantitative estimate of drug-likeness (QED) is 0.635. The molecular formula is C20H17F4N3O. The topological polar surface area (TPSA) is 46.9 Å². The molecule has 1 heterocycles. The fourth-order valence-corrected chi connectivity index (χ4v) is 2.74. The van der Waals surface area contributed by atoms with Gasteiger partial charge in [0.15, 0.2) is 11.6 Å². The standard InChI is InChI=1S/C20H17F4N3O/c1-12-10-25-27(11-14-9-15(21)4-6-16(14)22)20(12)26-19(28)7-3-13-2-5-17(23)18(24)8-13/h2,4-6,8-10H,3,7,11H2,1H3,(H,26,28). The van der Waals surface area contributed by atoms with Crippen LogP contribution in [0.3, 0.4) is 0 Å². The molecular weight excluding hydrogens is 374 g/mol. The number of nitrogens with one attached hydrogen (secondary N) is 1. The number of carbonyl (C=O) groups excluding carboxylic acids is 1. The fourth-order valence-electron chi connectivity index (χ4n) is 2.74. The van der Waals surface area contributed by atoms with Crippen LogP contribution in [-0.4, -0.2) is 15.7 Å². The van der Waals surface area contributed by atoms with Gasteiger partial charge in [-0.1, -0.05) is 6.07 Å². The molecule has 1 amide bonds. The van der Waals surface area contributed by atoms with E-state index in [2.05, 4.69) is 10.4 Å². The summed E-state index contributed by atoms with van der Waals surface area (Å²) in [6, 6.07) is 6.59. The molecule has 146 valence electrons. The first-order valence-electron chi connectivity index (χ1n) is 8.53. The van der Waals surface area contributed by atoms with Gasteiger partial charge >= 0.3 is 0 Å². The normalized spacial score (nSPS) is 10.9. The van der Waals surface area contributed by atoms with E-state index >= 15 is 0 Å². The minimum Gasteiger partial charge on any atom is -0.311 e. The third-order valence-electron chi connectivity index (χ3n) is 4.23. The van der Waals surface area contributed by atoms with Crippen LogP contribution in [0.5, 0.6) is 0 Å². The molecule has 0 saturated carbocycles. The molecule has 1 N–H and O–H groups in total. The summed E-state index contributed by atoms with van der Waals surface area (Å²) in [5, 5.41) is 6.78. The van der Waals surface area contributed by atoms with Crippen LogP contribution >= 0.6 is 0 Å². The molecule has 2 aromatic carbocycles. The molecule has 0 saturated heterocycles. The first-order valence-corrected chi connectivity index (χ1v) is 8.53. The fraction of sp³-hybridized carbons (Fsp3) is 0.200. The number of rotatable bonds is 6. The lowest BCUT2D eigenvalue weighted by Gasteiger charge is -2.11. The Morgan fingerprint density at radius 2 is 1.79 bits per heavy atom. The Morgan fingerprint density at radius 3 is 2.54 bits per heavy atom. The van der Waals surface area contributed by atoms with Crippen molar-refractivity contribution in [3.05, 3.63) is 82.6 Å². The number of amides is 1. The lowest BCUT2D eigenvalue weighted by molar-refractivity contribution is -0.116. The first kappa shape index (κ1) is 19.6. The molecule has 0 aliphatic carbocycles. The summed E-state index contributed by atoms with van der Waals surface area (Å²) in [5.41, 5.74) is 1.24. The molecule has 1 aromatic heterocycles. The monoisotopic (exact) mass is 391 g/mol. The third kappa shape index (κ3) is 4.57. The van der Waals surface area contributed by atoms with Crippen LogP contribution < -0.4 is 5.32 Å². The maximum absolute atomic E-state index is 13.9. The molecule has 0 spiro atoms. The van der Waals surface area contributed by atoms with Gasteiger partial charge in [-0.15, -0.1) is 0 Å². The summed E-state index contributed by atoms with van der Waals surface area (Å²) in [5.74, 6) is -3.07. The Balaban J connectivity index is 1.68. The Kier molecular flexibility index (Phi) is 5.77. The summed E-state index contributed by atoms with van der Waals surface area (Å²) in [6.07, 6.45) is 1.75. The van der Waals surface area contributed by atoms with Crippen molar-refractivity contribution in [3.63, 3.8) is 0 Å². The van der Waals surface area contributed by atoms with Gasteiger partial charge in [-0.25, -0.2) is 22.2 Å². The first-order chi connectivity index (χ1) is 13.3. The van der Waals surface area contributed by atoms with Crippen molar-refractivity contribution in [1.29, 1.82) is 0 Å². The van der Waals surface area contributed by atoms with Crippen LogP contribution in [0.1, 0.15) is 23.1 Å². The molecule has 3 aromatic rings. The van der Waals surface area contributed by atoms with Gasteiger partial charge in [-0.3, -0.25) is 4.79 Å². The molecule has 0 bridgehead atoms. The van der Waals surface area contributed by atoms with Crippen LogP contribution in [0.15, 0.2) is 42.6 Å². The van der Waals surface area contributed by atoms with Crippen LogP contribution in [0.2, 0.25) is 0 Å². The highest BCUT2D eigenvalue weighted by Crippen LogP contribution is 2.19. The Bertz CT molecular complexity index is 1020. The van der Waals surface area contributed by atoms with Crippen molar-refractivity contribution < 1.29 is 22.4 Å². The molecule has 0 atom stereocenters. The maximum Gasteiger partial charge on any atom is 0.225 e. The van der Waals surface area contributed by atoms with E-state index in [0.29, 0.717) is 16.9 Å². The molecule has 0 aliphatic heterocycles. The van der Waals surface area contributed by atoms with Crippen molar-refractivity contribution in [2.24, 2.45) is 0 Å². The molecule has 0 radical (unpaired) electrons. The number of carbonyl (C=O) groups is 1. The van der Waals surface area contributed by atoms with E-state index in [9.17, 15) is 22.4 Å². The van der Waals surface area contributed by atoms with Crippen molar-refractivity contribution in [2.45, 2.75) is 26.3 Å². The van der Waals surface area contributed by atoms with E-state index in [1.807, 2.05) is 0 Å². The van der Waals surface area contributed by atoms with Gasteiger partial charge in [0.25, 0.3) is 0 Å². The molecule has 8 heteroatoms. The Morgan fingerprint density at radius 1 is 1.04 bits per heavy atom. The number of halogens is 4. The highest BCUT2D eigenvalue weighted by atomic mass is 19.2. The van der Waals surface area contributed by atoms with Gasteiger partial charge in [0, 0.05) is 17.5 Å². The van der Waals surface area contributed by atoms with Gasteiger partial charge in [0.1, 0.15) is 17.5 Å². The number of aromatic nitrogens is 2. The summed E-state index contributed by atoms with van der Waals surface area (Å²) < 4.78 is 54.8. The zero-order valence-electron chi connectivity index (χ0n) is 15.0. The van der Waals surface area contributed by atoms with Crippen LogP contribution in [0.25, 0.3) is 0 Å². The molecule has 3 rings (SSSR count). The average molecular weight is 391 g/mol. The highest BCUT2D eigenvalue weighted by Gasteiger charge is 2.14. The lowest BCUT2D eigenvalue weighted by Crippen LogP contribution is -2.17. The molecule has 28 heavy (non-hydrogen) atoms. The minimum atomic E-state index is -0.969. The van der Waals surface area contributed by atoms with E-state index < -0.39 is 23.3 Å². The van der Waals surface area contributed by atoms with Gasteiger partial charge in [0.05, 0.1) is 12.7 Å². The Hall–Kier alpha value is -3.16. The van der Waals surface area contributed by atoms with Crippen molar-refractivity contribution in [2.75, 3.05) is 5.32 Å². The van der Waals surface area contributed by atoms with Gasteiger partial charge in [-0.2, -0.15) is 5.10 Å². The molecule has 0 unspecified atom stereocenters. The highest BCUT2D eigenvalue weighted by molar-refractivity contribution is 5.90. The Labute approximate surface area is 158 Å². The zero-order valence-corrected chi connectivity index (χ0v) is 15.0. The van der Waals surface area contributed by atoms with Crippen molar-refractivity contribution >= 4 is 11.7 Å². The summed E-state index contributed by atoms with van der Waals surface area (Å²) in [7, 11) is 0. The summed E-state index contributed by atoms with van der Waals surface area (Å²) >= 11 is 0. The summed E-state index contributed by atoms with van der Waals surface area (Å²) in [6.45, 7) is 1.66. The average Bonchev–Trinajstić information content (AvgIpc) is 2.99. The van der Waals surface area contributed by atoms with Crippen LogP contribution in [0.4, 0.5) is 23.4 Å². The van der Waals surface area contributed by atoms with Crippen molar-refractivity contribution in [3.8, 4) is 0 Å². The number of hydrogen-bond acceptors (Lipinski definition) is 2. The van der Waals surface area contributed by atoms with Crippen LogP contribution in [-0.2, 0) is 17.8 Å². The third-order valence-corrected chi connectivity index (χ3v) is 4.23. The second-order valence-electron chi connectivity index (χ2n) is 6.37. The minimum absolute atomic E-state index is 0.0318. The smallest absolute Gasteiger partial charge is 0.225 e. The second-order valence-corrected chi connectivity index (χ2v) is 6.37. The van der Waals surface area contributed by atoms with E-state index in [-0.39, 0.29) is 30.9 Å². The largest absolute Gasteiger partial charge is 0.311 e. The SMILES string of the molecule is Cc1cnn(Cc2cc(F)ccc2F)c1NC(=O)CCc1ccc(F)c(F)c1. The van der Waals surface area contributed by atoms with E-state index in [0.717, 1.165) is 30.3 Å². The van der Waals surface area contributed by atoms with Gasteiger partial charge in [-0.05, 0) is 49.2 Å². The van der Waals surface area contributed by atoms with E-state index in [1.54, 1.807) is 6.92 Å². The predicted octanol–water partition coefficient (Wildman–Crippen LogP) is 4.37. The van der Waals surface area contributed by atoms with E-state index in [4.69, 9.17) is 0 Å². The number of nitrogens with zero attached hydrogens (tertiary/aromatic N) is 2. The number of hydrogen-bond donors (Lipinski definition) is 1. The number of benzene rings is 2. The maximum atomic E-state index is 13.9. The number of aryl methyl sites for hydroxylation is 2. The predicted molar refractivity (Wildman–Crippen MR) is 95.7 cm³/mol. The number of anilines is 1. The van der Waals surface area contributed by atoms with Gasteiger partial charge < -0.3 is 5.32 Å². The molecule has 0 fully saturated rings. The van der Waals surface area contributed by atoms with Crippen LogP contribution in [0, 0.1) is 30.2 Å². The zero-order chi connectivity index (χ0) is 20.3. The second kappa shape index (κ2) is 8.24.